The summed E-state index contributed by atoms with van der Waals surface area (Å²) >= 11 is 1.20. The van der Waals surface area contributed by atoms with Gasteiger partial charge in [-0.05, 0) is 59.8 Å². The maximum Gasteiger partial charge on any atom is 0.267 e. The van der Waals surface area contributed by atoms with Crippen LogP contribution in [-0.2, 0) is 11.3 Å². The Bertz CT molecular complexity index is 1160. The second-order valence-electron chi connectivity index (χ2n) is 6.50. The lowest BCUT2D eigenvalue weighted by Crippen LogP contribution is -2.28. The number of carbonyl (C=O) groups excluding carboxylic acids is 1. The second-order valence-corrected chi connectivity index (χ2v) is 7.51. The molecule has 1 fully saturated rings. The van der Waals surface area contributed by atoms with Crippen molar-refractivity contribution < 1.29 is 18.3 Å². The predicted molar refractivity (Wildman–Crippen MR) is 119 cm³/mol. The number of methoxy groups -OCH3 is 1. The van der Waals surface area contributed by atoms with E-state index in [-0.39, 0.29) is 18.3 Å². The van der Waals surface area contributed by atoms with Crippen molar-refractivity contribution in [2.75, 3.05) is 7.11 Å². The Labute approximate surface area is 182 Å². The summed E-state index contributed by atoms with van der Waals surface area (Å²) < 4.78 is 23.9. The number of para-hydroxylation sites is 1. The molecule has 0 N–H and O–H groups in total. The third-order valence-electron chi connectivity index (χ3n) is 4.43. The van der Waals surface area contributed by atoms with Crippen LogP contribution >= 0.6 is 11.8 Å². The average Bonchev–Trinajstić information content (AvgIpc) is 3.40. The summed E-state index contributed by atoms with van der Waals surface area (Å²) in [6.07, 6.45) is 4.83. The molecule has 1 aromatic heterocycles. The number of halogens is 1. The molecule has 1 aliphatic rings. The van der Waals surface area contributed by atoms with Gasteiger partial charge in [0.2, 0.25) is 0 Å². The Balaban J connectivity index is 1.62. The highest BCUT2D eigenvalue weighted by atomic mass is 32.2. The molecule has 0 bridgehead atoms. The normalized spacial score (nSPS) is 16.7. The molecule has 3 aromatic rings. The summed E-state index contributed by atoms with van der Waals surface area (Å²) in [5, 5.41) is 8.85. The van der Waals surface area contributed by atoms with Crippen LogP contribution in [0.2, 0.25) is 0 Å². The van der Waals surface area contributed by atoms with Crippen molar-refractivity contribution in [3.05, 3.63) is 94.5 Å². The Morgan fingerprint density at radius 1 is 1.13 bits per heavy atom. The molecule has 2 heterocycles. The van der Waals surface area contributed by atoms with Gasteiger partial charge in [-0.2, -0.15) is 5.10 Å². The number of hydrogen-bond acceptors (Lipinski definition) is 6. The van der Waals surface area contributed by atoms with Crippen LogP contribution in [-0.4, -0.2) is 29.3 Å². The number of benzene rings is 2. The van der Waals surface area contributed by atoms with Crippen molar-refractivity contribution in [1.29, 1.82) is 0 Å². The zero-order valence-corrected chi connectivity index (χ0v) is 17.4. The minimum absolute atomic E-state index is 0.225. The summed E-state index contributed by atoms with van der Waals surface area (Å²) in [4.78, 5) is 15.0. The smallest absolute Gasteiger partial charge is 0.267 e. The molecule has 1 saturated heterocycles. The quantitative estimate of drug-likeness (QED) is 0.313. The van der Waals surface area contributed by atoms with Gasteiger partial charge in [0, 0.05) is 5.56 Å². The number of amidine groups is 1. The minimum atomic E-state index is -0.333. The molecule has 0 radical (unpaired) electrons. The predicted octanol–water partition coefficient (Wildman–Crippen LogP) is 4.93. The lowest BCUT2D eigenvalue weighted by molar-refractivity contribution is -0.122. The van der Waals surface area contributed by atoms with Gasteiger partial charge in [-0.1, -0.05) is 24.3 Å². The highest BCUT2D eigenvalue weighted by molar-refractivity contribution is 8.18. The van der Waals surface area contributed by atoms with E-state index in [1.165, 1.54) is 28.8 Å². The number of thioether (sulfide) groups is 1. The number of nitrogens with zero attached hydrogens (tertiary/aromatic N) is 3. The first kappa shape index (κ1) is 20.6. The fourth-order valence-corrected chi connectivity index (χ4v) is 3.84. The molecule has 8 heteroatoms. The molecule has 2 aromatic carbocycles. The zero-order chi connectivity index (χ0) is 21.6. The first-order valence-corrected chi connectivity index (χ1v) is 10.2. The number of rotatable bonds is 6. The van der Waals surface area contributed by atoms with Gasteiger partial charge in [0.1, 0.15) is 17.3 Å². The highest BCUT2D eigenvalue weighted by Crippen LogP contribution is 2.34. The topological polar surface area (TPSA) is 67.4 Å². The maximum absolute atomic E-state index is 13.2. The first-order chi connectivity index (χ1) is 15.1. The van der Waals surface area contributed by atoms with E-state index in [4.69, 9.17) is 9.15 Å². The van der Waals surface area contributed by atoms with E-state index < -0.39 is 0 Å². The number of hydrogen-bond donors (Lipinski definition) is 0. The van der Waals surface area contributed by atoms with E-state index in [1.54, 1.807) is 49.9 Å². The molecule has 0 saturated carbocycles. The van der Waals surface area contributed by atoms with Crippen LogP contribution in [0.25, 0.3) is 6.08 Å². The molecule has 1 amide bonds. The van der Waals surface area contributed by atoms with E-state index in [2.05, 4.69) is 10.2 Å². The Kier molecular flexibility index (Phi) is 6.28. The Morgan fingerprint density at radius 2 is 1.94 bits per heavy atom. The highest BCUT2D eigenvalue weighted by Gasteiger charge is 2.34. The van der Waals surface area contributed by atoms with Gasteiger partial charge in [0.25, 0.3) is 5.91 Å². The van der Waals surface area contributed by atoms with Crippen LogP contribution in [0.4, 0.5) is 4.39 Å². The third-order valence-corrected chi connectivity index (χ3v) is 5.43. The fourth-order valence-electron chi connectivity index (χ4n) is 2.90. The average molecular weight is 435 g/mol. The Morgan fingerprint density at radius 3 is 2.68 bits per heavy atom. The van der Waals surface area contributed by atoms with Crippen LogP contribution in [0.5, 0.6) is 5.75 Å². The molecule has 0 atom stereocenters. The summed E-state index contributed by atoms with van der Waals surface area (Å²) in [6.45, 7) is 0.225. The van der Waals surface area contributed by atoms with Crippen molar-refractivity contribution in [1.82, 2.24) is 4.90 Å². The number of furan rings is 1. The molecule has 0 aliphatic carbocycles. The van der Waals surface area contributed by atoms with Gasteiger partial charge in [0.05, 0.1) is 31.0 Å². The van der Waals surface area contributed by atoms with Gasteiger partial charge >= 0.3 is 0 Å². The van der Waals surface area contributed by atoms with Crippen molar-refractivity contribution in [3.63, 3.8) is 0 Å². The number of ether oxygens (including phenoxy) is 1. The standard InChI is InChI=1S/C23H18FN3O3S/c1-29-20-7-3-2-5-17(20)14-25-26-23-27(15-19-6-4-12-30-19)22(28)21(31-23)13-16-8-10-18(24)11-9-16/h2-14H,15H2,1H3/b21-13-,25-14+,26-23-. The first-order valence-electron chi connectivity index (χ1n) is 9.37. The molecule has 156 valence electrons. The fraction of sp³-hybridized carbons (Fsp3) is 0.0870. The summed E-state index contributed by atoms with van der Waals surface area (Å²) in [5.41, 5.74) is 1.48. The van der Waals surface area contributed by atoms with E-state index in [9.17, 15) is 9.18 Å². The molecule has 31 heavy (non-hydrogen) atoms. The van der Waals surface area contributed by atoms with Crippen LogP contribution in [0, 0.1) is 5.82 Å². The Hall–Kier alpha value is -3.65. The van der Waals surface area contributed by atoms with Gasteiger partial charge in [-0.15, -0.1) is 5.10 Å². The van der Waals surface area contributed by atoms with Crippen LogP contribution in [0.3, 0.4) is 0 Å². The molecule has 0 unspecified atom stereocenters. The van der Waals surface area contributed by atoms with Gasteiger partial charge in [-0.3, -0.25) is 9.69 Å². The van der Waals surface area contributed by atoms with Crippen molar-refractivity contribution in [3.8, 4) is 5.75 Å². The van der Waals surface area contributed by atoms with Gasteiger partial charge < -0.3 is 9.15 Å². The van der Waals surface area contributed by atoms with Crippen molar-refractivity contribution >= 4 is 35.1 Å². The SMILES string of the molecule is COc1ccccc1/C=N/N=C1\S/C(=C\c2ccc(F)cc2)C(=O)N1Cc1ccco1. The minimum Gasteiger partial charge on any atom is -0.496 e. The summed E-state index contributed by atoms with van der Waals surface area (Å²) in [6, 6.07) is 16.9. The van der Waals surface area contributed by atoms with E-state index in [0.29, 0.717) is 27.1 Å². The van der Waals surface area contributed by atoms with Gasteiger partial charge in [0.15, 0.2) is 5.17 Å². The largest absolute Gasteiger partial charge is 0.496 e. The molecular formula is C23H18FN3O3S. The van der Waals surface area contributed by atoms with Crippen molar-refractivity contribution in [2.45, 2.75) is 6.54 Å². The van der Waals surface area contributed by atoms with Gasteiger partial charge in [-0.25, -0.2) is 4.39 Å². The number of carbonyl (C=O) groups is 1. The van der Waals surface area contributed by atoms with Crippen LogP contribution in [0.1, 0.15) is 16.9 Å². The second kappa shape index (κ2) is 9.44. The van der Waals surface area contributed by atoms with Crippen molar-refractivity contribution in [2.24, 2.45) is 10.2 Å². The zero-order valence-electron chi connectivity index (χ0n) is 16.6. The monoisotopic (exact) mass is 435 g/mol. The summed E-state index contributed by atoms with van der Waals surface area (Å²) in [5.74, 6) is 0.737. The van der Waals surface area contributed by atoms with E-state index in [1.807, 2.05) is 24.3 Å². The van der Waals surface area contributed by atoms with E-state index in [0.717, 1.165) is 5.56 Å². The molecule has 4 rings (SSSR count). The molecule has 1 aliphatic heterocycles. The maximum atomic E-state index is 13.2. The summed E-state index contributed by atoms with van der Waals surface area (Å²) in [7, 11) is 1.58. The number of amides is 1. The van der Waals surface area contributed by atoms with Crippen LogP contribution < -0.4 is 4.74 Å². The molecule has 6 nitrogen and oxygen atoms in total. The lowest BCUT2D eigenvalue weighted by atomic mass is 10.2. The van der Waals surface area contributed by atoms with Crippen LogP contribution in [0.15, 0.2) is 86.5 Å². The van der Waals surface area contributed by atoms with E-state index >= 15 is 0 Å². The molecule has 0 spiro atoms. The molecular weight excluding hydrogens is 417 g/mol. The lowest BCUT2D eigenvalue weighted by Gasteiger charge is -2.12. The third kappa shape index (κ3) is 4.92.